The standard InChI is InChI=1S/C15H12ClNO2S/c1-2-12-5-6-15(20-12)13(18)9-19-14-7-11(16)4-3-10(14)8-17/h3-7H,2,9H2,1H3. The molecule has 0 unspecified atom stereocenters. The van der Waals surface area contributed by atoms with Gasteiger partial charge in [0.1, 0.15) is 11.8 Å². The first kappa shape index (κ1) is 14.6. The second-order valence-corrected chi connectivity index (χ2v) is 5.69. The van der Waals surface area contributed by atoms with Crippen LogP contribution in [0.3, 0.4) is 0 Å². The van der Waals surface area contributed by atoms with Crippen LogP contribution in [-0.4, -0.2) is 12.4 Å². The Morgan fingerprint density at radius 3 is 2.85 bits per heavy atom. The maximum absolute atomic E-state index is 12.0. The van der Waals surface area contributed by atoms with Crippen LogP contribution >= 0.6 is 22.9 Å². The number of ketones is 1. The lowest BCUT2D eigenvalue weighted by Crippen LogP contribution is -2.10. The molecule has 5 heteroatoms. The van der Waals surface area contributed by atoms with Crippen molar-refractivity contribution in [1.82, 2.24) is 0 Å². The molecule has 3 nitrogen and oxygen atoms in total. The van der Waals surface area contributed by atoms with Crippen molar-refractivity contribution >= 4 is 28.7 Å². The van der Waals surface area contributed by atoms with Crippen molar-refractivity contribution in [2.24, 2.45) is 0 Å². The van der Waals surface area contributed by atoms with Crippen LogP contribution in [0.1, 0.15) is 27.0 Å². The van der Waals surface area contributed by atoms with E-state index in [1.54, 1.807) is 24.3 Å². The van der Waals surface area contributed by atoms with Crippen molar-refractivity contribution in [3.8, 4) is 11.8 Å². The van der Waals surface area contributed by atoms with E-state index < -0.39 is 0 Å². The molecule has 2 aromatic rings. The molecule has 0 atom stereocenters. The van der Waals surface area contributed by atoms with Gasteiger partial charge in [-0.2, -0.15) is 5.26 Å². The van der Waals surface area contributed by atoms with E-state index in [2.05, 4.69) is 0 Å². The van der Waals surface area contributed by atoms with Crippen molar-refractivity contribution in [2.75, 3.05) is 6.61 Å². The molecule has 0 saturated heterocycles. The van der Waals surface area contributed by atoms with Crippen molar-refractivity contribution in [3.63, 3.8) is 0 Å². The molecule has 0 radical (unpaired) electrons. The van der Waals surface area contributed by atoms with Gasteiger partial charge in [-0.15, -0.1) is 11.3 Å². The molecule has 0 bridgehead atoms. The third-order valence-electron chi connectivity index (χ3n) is 2.71. The van der Waals surface area contributed by atoms with Crippen molar-refractivity contribution in [3.05, 3.63) is 50.7 Å². The molecule has 0 amide bonds. The van der Waals surface area contributed by atoms with Crippen LogP contribution < -0.4 is 4.74 Å². The van der Waals surface area contributed by atoms with E-state index in [1.807, 2.05) is 19.1 Å². The first-order valence-electron chi connectivity index (χ1n) is 6.08. The summed E-state index contributed by atoms with van der Waals surface area (Å²) in [5.74, 6) is 0.235. The number of hydrogen-bond acceptors (Lipinski definition) is 4. The zero-order chi connectivity index (χ0) is 14.5. The molecule has 1 aromatic carbocycles. The molecule has 0 saturated carbocycles. The largest absolute Gasteiger partial charge is 0.484 e. The highest BCUT2D eigenvalue weighted by Crippen LogP contribution is 2.23. The van der Waals surface area contributed by atoms with Gasteiger partial charge >= 0.3 is 0 Å². The molecule has 0 fully saturated rings. The van der Waals surface area contributed by atoms with Gasteiger partial charge in [-0.05, 0) is 30.7 Å². The van der Waals surface area contributed by atoms with Gasteiger partial charge < -0.3 is 4.74 Å². The van der Waals surface area contributed by atoms with Crippen LogP contribution in [0.4, 0.5) is 0 Å². The minimum Gasteiger partial charge on any atom is -0.484 e. The molecule has 2 rings (SSSR count). The normalized spacial score (nSPS) is 10.1. The van der Waals surface area contributed by atoms with Crippen LogP contribution in [0.15, 0.2) is 30.3 Å². The molecule has 1 aromatic heterocycles. The molecular weight excluding hydrogens is 294 g/mol. The fourth-order valence-corrected chi connectivity index (χ4v) is 2.67. The Bertz CT molecular complexity index is 673. The average Bonchev–Trinajstić information content (AvgIpc) is 2.94. The van der Waals surface area contributed by atoms with E-state index in [-0.39, 0.29) is 12.4 Å². The molecule has 102 valence electrons. The number of carbonyl (C=O) groups excluding carboxylic acids is 1. The third kappa shape index (κ3) is 3.38. The summed E-state index contributed by atoms with van der Waals surface area (Å²) >= 11 is 7.32. The number of carbonyl (C=O) groups is 1. The van der Waals surface area contributed by atoms with Crippen molar-refractivity contribution < 1.29 is 9.53 Å². The van der Waals surface area contributed by atoms with Gasteiger partial charge in [0.25, 0.3) is 0 Å². The van der Waals surface area contributed by atoms with Crippen molar-refractivity contribution in [2.45, 2.75) is 13.3 Å². The second-order valence-electron chi connectivity index (χ2n) is 4.08. The Morgan fingerprint density at radius 1 is 1.40 bits per heavy atom. The summed E-state index contributed by atoms with van der Waals surface area (Å²) in [5.41, 5.74) is 0.364. The highest BCUT2D eigenvalue weighted by atomic mass is 35.5. The van der Waals surface area contributed by atoms with Crippen LogP contribution in [0, 0.1) is 11.3 Å². The Hall–Kier alpha value is -1.83. The van der Waals surface area contributed by atoms with E-state index in [0.29, 0.717) is 21.2 Å². The highest BCUT2D eigenvalue weighted by Gasteiger charge is 2.11. The maximum Gasteiger partial charge on any atom is 0.210 e. The molecule has 0 aliphatic heterocycles. The van der Waals surface area contributed by atoms with Crippen LogP contribution in [0.5, 0.6) is 5.75 Å². The van der Waals surface area contributed by atoms with E-state index in [0.717, 1.165) is 11.3 Å². The summed E-state index contributed by atoms with van der Waals surface area (Å²) in [6, 6.07) is 10.5. The summed E-state index contributed by atoms with van der Waals surface area (Å²) in [7, 11) is 0. The number of nitriles is 1. The first-order valence-corrected chi connectivity index (χ1v) is 7.28. The summed E-state index contributed by atoms with van der Waals surface area (Å²) in [4.78, 5) is 13.8. The number of halogens is 1. The number of Topliss-reactive ketones (excluding diaryl/α,β-unsaturated/α-hetero) is 1. The number of rotatable bonds is 5. The predicted molar refractivity (Wildman–Crippen MR) is 79.7 cm³/mol. The van der Waals surface area contributed by atoms with E-state index in [4.69, 9.17) is 21.6 Å². The van der Waals surface area contributed by atoms with E-state index in [9.17, 15) is 4.79 Å². The average molecular weight is 306 g/mol. The lowest BCUT2D eigenvalue weighted by atomic mass is 10.2. The van der Waals surface area contributed by atoms with Gasteiger partial charge in [0.15, 0.2) is 6.61 Å². The molecule has 1 heterocycles. The Morgan fingerprint density at radius 2 is 2.20 bits per heavy atom. The number of ether oxygens (including phenoxy) is 1. The summed E-state index contributed by atoms with van der Waals surface area (Å²) in [5, 5.41) is 9.44. The smallest absolute Gasteiger partial charge is 0.210 e. The monoisotopic (exact) mass is 305 g/mol. The summed E-state index contributed by atoms with van der Waals surface area (Å²) in [6.07, 6.45) is 0.908. The zero-order valence-electron chi connectivity index (χ0n) is 10.9. The Kier molecular flexibility index (Phi) is 4.78. The zero-order valence-corrected chi connectivity index (χ0v) is 12.4. The fraction of sp³-hybridized carbons (Fsp3) is 0.200. The SMILES string of the molecule is CCc1ccc(C(=O)COc2cc(Cl)ccc2C#N)s1. The minimum atomic E-state index is -0.0986. The molecule has 0 spiro atoms. The second kappa shape index (κ2) is 6.56. The summed E-state index contributed by atoms with van der Waals surface area (Å²) in [6.45, 7) is 1.94. The van der Waals surface area contributed by atoms with Gasteiger partial charge in [-0.25, -0.2) is 0 Å². The quantitative estimate of drug-likeness (QED) is 0.781. The number of benzene rings is 1. The molecule has 0 aliphatic carbocycles. The highest BCUT2D eigenvalue weighted by molar-refractivity contribution is 7.14. The molecule has 0 N–H and O–H groups in total. The van der Waals surface area contributed by atoms with E-state index in [1.165, 1.54) is 11.3 Å². The van der Waals surface area contributed by atoms with Gasteiger partial charge in [0.2, 0.25) is 5.78 Å². The number of thiophene rings is 1. The van der Waals surface area contributed by atoms with Crippen LogP contribution in [0.25, 0.3) is 0 Å². The Labute approximate surface area is 126 Å². The van der Waals surface area contributed by atoms with Gasteiger partial charge in [-0.3, -0.25) is 4.79 Å². The molecule has 0 aliphatic rings. The maximum atomic E-state index is 12.0. The first-order chi connectivity index (χ1) is 9.63. The summed E-state index contributed by atoms with van der Waals surface area (Å²) < 4.78 is 5.42. The van der Waals surface area contributed by atoms with Crippen LogP contribution in [0.2, 0.25) is 5.02 Å². The lowest BCUT2D eigenvalue weighted by molar-refractivity contribution is 0.0925. The van der Waals surface area contributed by atoms with Crippen molar-refractivity contribution in [1.29, 1.82) is 5.26 Å². The minimum absolute atomic E-state index is 0.0985. The van der Waals surface area contributed by atoms with Gasteiger partial charge in [0, 0.05) is 16.0 Å². The third-order valence-corrected chi connectivity index (χ3v) is 4.21. The molecule has 20 heavy (non-hydrogen) atoms. The van der Waals surface area contributed by atoms with Gasteiger partial charge in [-0.1, -0.05) is 18.5 Å². The number of aryl methyl sites for hydroxylation is 1. The number of nitrogens with zero attached hydrogens (tertiary/aromatic N) is 1. The van der Waals surface area contributed by atoms with Gasteiger partial charge in [0.05, 0.1) is 10.4 Å². The number of hydrogen-bond donors (Lipinski definition) is 0. The predicted octanol–water partition coefficient (Wildman–Crippen LogP) is 4.10. The fourth-order valence-electron chi connectivity index (χ4n) is 1.64. The Balaban J connectivity index is 2.07. The molecular formula is C15H12ClNO2S. The van der Waals surface area contributed by atoms with E-state index >= 15 is 0 Å². The topological polar surface area (TPSA) is 50.1 Å². The van der Waals surface area contributed by atoms with Crippen LogP contribution in [-0.2, 0) is 6.42 Å². The lowest BCUT2D eigenvalue weighted by Gasteiger charge is -2.06.